The summed E-state index contributed by atoms with van der Waals surface area (Å²) in [6.45, 7) is 10.8. The fourth-order valence-electron chi connectivity index (χ4n) is 3.07. The van der Waals surface area contributed by atoms with Gasteiger partial charge in [-0.25, -0.2) is 0 Å². The predicted octanol–water partition coefficient (Wildman–Crippen LogP) is 2.39. The smallest absolute Gasteiger partial charge is 0.141 e. The molecule has 2 saturated heterocycles. The lowest BCUT2D eigenvalue weighted by molar-refractivity contribution is -0.132. The Balaban J connectivity index is 1.72. The number of hydrogen-bond acceptors (Lipinski definition) is 3. The van der Waals surface area contributed by atoms with Gasteiger partial charge < -0.3 is 0 Å². The summed E-state index contributed by atoms with van der Waals surface area (Å²) in [5.41, 5.74) is 0. The molecule has 2 aliphatic rings. The molecular weight excluding hydrogens is 339 g/mol. The summed E-state index contributed by atoms with van der Waals surface area (Å²) in [6.07, 6.45) is 2.55. The van der Waals surface area contributed by atoms with E-state index in [1.165, 1.54) is 25.9 Å². The molecule has 0 aromatic heterocycles. The molecule has 0 bridgehead atoms. The molecule has 0 amide bonds. The summed E-state index contributed by atoms with van der Waals surface area (Å²) in [6, 6.07) is 0.729. The maximum Gasteiger partial charge on any atom is 0.141 e. The number of Topliss-reactive ketones (excluding diaryl/α,β-unsaturated/α-hetero) is 1. The molecule has 4 heteroatoms. The van der Waals surface area contributed by atoms with Gasteiger partial charge in [-0.3, -0.25) is 14.6 Å². The molecule has 2 rings (SSSR count). The third kappa shape index (κ3) is 3.25. The Hall–Kier alpha value is 0.320. The average molecular weight is 364 g/mol. The molecular formula is C14H25IN2O. The second-order valence-electron chi connectivity index (χ2n) is 6.05. The zero-order chi connectivity index (χ0) is 13.3. The Morgan fingerprint density at radius 3 is 2.17 bits per heavy atom. The van der Waals surface area contributed by atoms with E-state index in [9.17, 15) is 4.79 Å². The van der Waals surface area contributed by atoms with Crippen LogP contribution in [0.2, 0.25) is 0 Å². The van der Waals surface area contributed by atoms with Crippen molar-refractivity contribution in [1.82, 2.24) is 9.80 Å². The van der Waals surface area contributed by atoms with E-state index in [1.807, 2.05) is 13.8 Å². The van der Waals surface area contributed by atoms with E-state index in [4.69, 9.17) is 0 Å². The van der Waals surface area contributed by atoms with Gasteiger partial charge in [0.1, 0.15) is 5.78 Å². The SMILES string of the molecule is CC(C)C(=O)C1CN(C2CCN(C(C)I)CC2)C1. The zero-order valence-electron chi connectivity index (χ0n) is 11.7. The van der Waals surface area contributed by atoms with Gasteiger partial charge >= 0.3 is 0 Å². The molecule has 18 heavy (non-hydrogen) atoms. The number of rotatable bonds is 4. The molecule has 0 aromatic rings. The number of likely N-dealkylation sites (tertiary alicyclic amines) is 2. The van der Waals surface area contributed by atoms with Gasteiger partial charge in [-0.2, -0.15) is 0 Å². The second kappa shape index (κ2) is 6.18. The minimum Gasteiger partial charge on any atom is -0.299 e. The summed E-state index contributed by atoms with van der Waals surface area (Å²) < 4.78 is 0.648. The maximum absolute atomic E-state index is 11.9. The Labute approximate surface area is 124 Å². The molecule has 3 nitrogen and oxygen atoms in total. The van der Waals surface area contributed by atoms with Crippen LogP contribution >= 0.6 is 22.6 Å². The molecule has 2 aliphatic heterocycles. The molecule has 0 aromatic carbocycles. The van der Waals surface area contributed by atoms with Crippen LogP contribution < -0.4 is 0 Å². The Morgan fingerprint density at radius 1 is 1.17 bits per heavy atom. The fourth-order valence-corrected chi connectivity index (χ4v) is 3.63. The van der Waals surface area contributed by atoms with Gasteiger partial charge in [-0.05, 0) is 19.8 Å². The first-order chi connectivity index (χ1) is 8.49. The van der Waals surface area contributed by atoms with Crippen molar-refractivity contribution < 1.29 is 4.79 Å². The summed E-state index contributed by atoms with van der Waals surface area (Å²) in [5, 5.41) is 0. The van der Waals surface area contributed by atoms with Crippen LogP contribution in [0, 0.1) is 11.8 Å². The molecule has 2 fully saturated rings. The molecule has 0 saturated carbocycles. The van der Waals surface area contributed by atoms with Crippen molar-refractivity contribution in [1.29, 1.82) is 0 Å². The number of alkyl halides is 1. The Kier molecular flexibility index (Phi) is 5.06. The van der Waals surface area contributed by atoms with E-state index in [0.29, 0.717) is 15.7 Å². The van der Waals surface area contributed by atoms with Crippen molar-refractivity contribution in [3.8, 4) is 0 Å². The van der Waals surface area contributed by atoms with Gasteiger partial charge in [0.2, 0.25) is 0 Å². The van der Waals surface area contributed by atoms with Gasteiger partial charge in [-0.15, -0.1) is 0 Å². The van der Waals surface area contributed by atoms with Crippen molar-refractivity contribution in [2.75, 3.05) is 26.2 Å². The summed E-state index contributed by atoms with van der Waals surface area (Å²) in [4.78, 5) is 16.9. The predicted molar refractivity (Wildman–Crippen MR) is 83.0 cm³/mol. The standard InChI is InChI=1S/C14H25IN2O/c1-10(2)14(18)12-8-17(9-12)13-4-6-16(7-5-13)11(3)15/h10-13H,4-9H2,1-3H3. The van der Waals surface area contributed by atoms with Gasteiger partial charge in [0.25, 0.3) is 0 Å². The van der Waals surface area contributed by atoms with Gasteiger partial charge in [-0.1, -0.05) is 36.4 Å². The first kappa shape index (κ1) is 14.7. The fraction of sp³-hybridized carbons (Fsp3) is 0.929. The summed E-state index contributed by atoms with van der Waals surface area (Å²) in [7, 11) is 0. The van der Waals surface area contributed by atoms with Gasteiger partial charge in [0, 0.05) is 44.1 Å². The molecule has 0 spiro atoms. The highest BCUT2D eigenvalue weighted by Gasteiger charge is 2.38. The number of carbonyl (C=O) groups is 1. The third-order valence-corrected chi connectivity index (χ3v) is 5.19. The largest absolute Gasteiger partial charge is 0.299 e. The number of halogens is 1. The summed E-state index contributed by atoms with van der Waals surface area (Å²) in [5.74, 6) is 0.995. The molecule has 1 atom stereocenters. The van der Waals surface area contributed by atoms with Crippen LogP contribution in [0.5, 0.6) is 0 Å². The second-order valence-corrected chi connectivity index (χ2v) is 7.85. The highest BCUT2D eigenvalue weighted by Crippen LogP contribution is 2.28. The molecule has 2 heterocycles. The lowest BCUT2D eigenvalue weighted by atomic mass is 9.86. The highest BCUT2D eigenvalue weighted by atomic mass is 127. The lowest BCUT2D eigenvalue weighted by Crippen LogP contribution is -2.58. The van der Waals surface area contributed by atoms with E-state index in [-0.39, 0.29) is 5.92 Å². The topological polar surface area (TPSA) is 23.6 Å². The Morgan fingerprint density at radius 2 is 1.72 bits per heavy atom. The number of hydrogen-bond donors (Lipinski definition) is 0. The normalized spacial score (nSPS) is 26.3. The average Bonchev–Trinajstić information content (AvgIpc) is 2.27. The van der Waals surface area contributed by atoms with Crippen LogP contribution in [0.4, 0.5) is 0 Å². The van der Waals surface area contributed by atoms with Crippen molar-refractivity contribution in [3.63, 3.8) is 0 Å². The third-order valence-electron chi connectivity index (χ3n) is 4.40. The van der Waals surface area contributed by atoms with Gasteiger partial charge in [0.15, 0.2) is 0 Å². The van der Waals surface area contributed by atoms with E-state index in [0.717, 1.165) is 19.1 Å². The monoisotopic (exact) mass is 364 g/mol. The van der Waals surface area contributed by atoms with Crippen LogP contribution in [0.25, 0.3) is 0 Å². The van der Waals surface area contributed by atoms with Crippen molar-refractivity contribution in [2.45, 2.75) is 43.7 Å². The zero-order valence-corrected chi connectivity index (χ0v) is 13.9. The molecule has 0 aliphatic carbocycles. The van der Waals surface area contributed by atoms with E-state index >= 15 is 0 Å². The van der Waals surface area contributed by atoms with E-state index in [2.05, 4.69) is 39.3 Å². The minimum absolute atomic E-state index is 0.207. The maximum atomic E-state index is 11.9. The molecule has 104 valence electrons. The first-order valence-electron chi connectivity index (χ1n) is 7.15. The van der Waals surface area contributed by atoms with Crippen molar-refractivity contribution in [3.05, 3.63) is 0 Å². The lowest BCUT2D eigenvalue weighted by Gasteiger charge is -2.47. The highest BCUT2D eigenvalue weighted by molar-refractivity contribution is 14.1. The van der Waals surface area contributed by atoms with Crippen LogP contribution in [-0.4, -0.2) is 51.9 Å². The molecule has 0 radical (unpaired) electrons. The van der Waals surface area contributed by atoms with Crippen LogP contribution in [0.1, 0.15) is 33.6 Å². The number of ketones is 1. The Bertz CT molecular complexity index is 292. The van der Waals surface area contributed by atoms with Gasteiger partial charge in [0.05, 0.1) is 4.05 Å². The number of carbonyl (C=O) groups excluding carboxylic acids is 1. The van der Waals surface area contributed by atoms with E-state index in [1.54, 1.807) is 0 Å². The van der Waals surface area contributed by atoms with Crippen LogP contribution in [0.15, 0.2) is 0 Å². The molecule has 1 unspecified atom stereocenters. The van der Waals surface area contributed by atoms with Crippen LogP contribution in [-0.2, 0) is 4.79 Å². The number of nitrogens with zero attached hydrogens (tertiary/aromatic N) is 2. The first-order valence-corrected chi connectivity index (χ1v) is 8.39. The van der Waals surface area contributed by atoms with Crippen molar-refractivity contribution in [2.24, 2.45) is 11.8 Å². The van der Waals surface area contributed by atoms with Crippen LogP contribution in [0.3, 0.4) is 0 Å². The number of piperidine rings is 1. The minimum atomic E-state index is 0.207. The van der Waals surface area contributed by atoms with Crippen molar-refractivity contribution >= 4 is 28.4 Å². The summed E-state index contributed by atoms with van der Waals surface area (Å²) >= 11 is 2.50. The molecule has 0 N–H and O–H groups in total. The quantitative estimate of drug-likeness (QED) is 0.435. The van der Waals surface area contributed by atoms with E-state index < -0.39 is 0 Å².